The number of nitrogens with zero attached hydrogens (tertiary/aromatic N) is 2. The summed E-state index contributed by atoms with van der Waals surface area (Å²) in [5.74, 6) is -0.478. The number of rotatable bonds is 4. The quantitative estimate of drug-likeness (QED) is 0.313. The van der Waals surface area contributed by atoms with Crippen LogP contribution in [-0.4, -0.2) is 21.0 Å². The van der Waals surface area contributed by atoms with Gasteiger partial charge in [-0.25, -0.2) is 0 Å². The number of hydrogen-bond donors (Lipinski definition) is 2. The zero-order chi connectivity index (χ0) is 19.7. The van der Waals surface area contributed by atoms with E-state index in [0.717, 1.165) is 0 Å². The lowest BCUT2D eigenvalue weighted by molar-refractivity contribution is -0.385. The maximum Gasteiger partial charge on any atom is 0.273 e. The molecular formula is C16H8Br2Cl2N4O3. The van der Waals surface area contributed by atoms with Crippen molar-refractivity contribution in [2.75, 3.05) is 5.32 Å². The van der Waals surface area contributed by atoms with E-state index in [1.807, 2.05) is 0 Å². The second kappa shape index (κ2) is 7.97. The van der Waals surface area contributed by atoms with Gasteiger partial charge >= 0.3 is 0 Å². The van der Waals surface area contributed by atoms with Gasteiger partial charge in [0.2, 0.25) is 0 Å². The van der Waals surface area contributed by atoms with E-state index in [1.54, 1.807) is 18.2 Å². The summed E-state index contributed by atoms with van der Waals surface area (Å²) in [5.41, 5.74) is 1.52. The van der Waals surface area contributed by atoms with Crippen molar-refractivity contribution in [3.8, 4) is 11.3 Å². The highest BCUT2D eigenvalue weighted by Crippen LogP contribution is 2.35. The topological polar surface area (TPSA) is 101 Å². The van der Waals surface area contributed by atoms with Crippen LogP contribution in [0.5, 0.6) is 0 Å². The molecule has 0 aliphatic heterocycles. The Morgan fingerprint density at radius 1 is 1.15 bits per heavy atom. The second-order valence-corrected chi connectivity index (χ2v) is 7.84. The fraction of sp³-hybridized carbons (Fsp3) is 0. The van der Waals surface area contributed by atoms with Crippen molar-refractivity contribution in [3.05, 3.63) is 71.2 Å². The number of nitro benzene ring substituents is 1. The predicted octanol–water partition coefficient (Wildman–Crippen LogP) is 6.07. The largest absolute Gasteiger partial charge is 0.319 e. The third-order valence-corrected chi connectivity index (χ3v) is 5.30. The van der Waals surface area contributed by atoms with E-state index in [-0.39, 0.29) is 11.4 Å². The lowest BCUT2D eigenvalue weighted by Gasteiger charge is -2.08. The number of amides is 1. The van der Waals surface area contributed by atoms with Crippen molar-refractivity contribution in [1.29, 1.82) is 0 Å². The first kappa shape index (κ1) is 19.8. The van der Waals surface area contributed by atoms with Crippen LogP contribution in [-0.2, 0) is 0 Å². The fourth-order valence-electron chi connectivity index (χ4n) is 2.24. The molecule has 2 N–H and O–H groups in total. The SMILES string of the molecule is O=C(Nc1c(Br)cc([N+](=O)[O-])cc1Br)c1cc(-c2ccc(Cl)cc2Cl)n[nH]1. The molecule has 0 unspecified atom stereocenters. The summed E-state index contributed by atoms with van der Waals surface area (Å²) in [5, 5.41) is 21.2. The van der Waals surface area contributed by atoms with E-state index in [0.29, 0.717) is 35.9 Å². The Kier molecular flexibility index (Phi) is 5.85. The minimum absolute atomic E-state index is 0.118. The van der Waals surface area contributed by atoms with E-state index >= 15 is 0 Å². The van der Waals surface area contributed by atoms with Crippen molar-refractivity contribution in [1.82, 2.24) is 10.2 Å². The molecule has 0 saturated carbocycles. The van der Waals surface area contributed by atoms with Crippen LogP contribution in [0.2, 0.25) is 10.0 Å². The maximum atomic E-state index is 12.5. The first-order valence-corrected chi connectivity index (χ1v) is 9.56. The molecule has 27 heavy (non-hydrogen) atoms. The number of aromatic amines is 1. The lowest BCUT2D eigenvalue weighted by atomic mass is 10.1. The molecule has 0 saturated heterocycles. The minimum Gasteiger partial charge on any atom is -0.319 e. The number of H-pyrrole nitrogens is 1. The Bertz CT molecular complexity index is 1050. The normalized spacial score (nSPS) is 10.7. The number of anilines is 1. The summed E-state index contributed by atoms with van der Waals surface area (Å²) in [6, 6.07) is 9.09. The molecule has 0 radical (unpaired) electrons. The van der Waals surface area contributed by atoms with Crippen LogP contribution in [0.25, 0.3) is 11.3 Å². The van der Waals surface area contributed by atoms with Crippen molar-refractivity contribution < 1.29 is 9.72 Å². The Morgan fingerprint density at radius 3 is 2.41 bits per heavy atom. The predicted molar refractivity (Wildman–Crippen MR) is 110 cm³/mol. The first-order chi connectivity index (χ1) is 12.8. The molecule has 0 atom stereocenters. The first-order valence-electron chi connectivity index (χ1n) is 7.22. The van der Waals surface area contributed by atoms with E-state index < -0.39 is 10.8 Å². The summed E-state index contributed by atoms with van der Waals surface area (Å²) in [7, 11) is 0. The number of nitrogens with one attached hydrogen (secondary N) is 2. The zero-order valence-electron chi connectivity index (χ0n) is 13.1. The number of halogens is 4. The molecule has 0 aliphatic carbocycles. The Morgan fingerprint density at radius 2 is 1.81 bits per heavy atom. The highest BCUT2D eigenvalue weighted by molar-refractivity contribution is 9.11. The standard InChI is InChI=1S/C16H8Br2Cl2N4O3/c17-10-4-8(24(26)27)5-11(18)15(10)21-16(25)14-6-13(22-23-14)9-2-1-7(19)3-12(9)20/h1-6H,(H,21,25)(H,22,23). The molecule has 11 heteroatoms. The lowest BCUT2D eigenvalue weighted by Crippen LogP contribution is -2.13. The molecule has 1 amide bonds. The van der Waals surface area contributed by atoms with Crippen LogP contribution in [0.3, 0.4) is 0 Å². The number of hydrogen-bond acceptors (Lipinski definition) is 4. The molecule has 0 aliphatic rings. The van der Waals surface area contributed by atoms with Crippen LogP contribution < -0.4 is 5.32 Å². The van der Waals surface area contributed by atoms with Crippen LogP contribution in [0.15, 0.2) is 45.3 Å². The zero-order valence-corrected chi connectivity index (χ0v) is 17.8. The third-order valence-electron chi connectivity index (χ3n) is 3.51. The number of non-ortho nitro benzene ring substituents is 1. The molecule has 0 bridgehead atoms. The van der Waals surface area contributed by atoms with E-state index in [9.17, 15) is 14.9 Å². The Balaban J connectivity index is 1.86. The summed E-state index contributed by atoms with van der Waals surface area (Å²) >= 11 is 18.5. The van der Waals surface area contributed by atoms with Gasteiger partial charge in [-0.05, 0) is 56.1 Å². The van der Waals surface area contributed by atoms with Crippen LogP contribution >= 0.6 is 55.1 Å². The third kappa shape index (κ3) is 4.32. The van der Waals surface area contributed by atoms with Crippen molar-refractivity contribution in [2.24, 2.45) is 0 Å². The van der Waals surface area contributed by atoms with Gasteiger partial charge in [-0.2, -0.15) is 5.10 Å². The van der Waals surface area contributed by atoms with Gasteiger partial charge in [0.05, 0.1) is 21.3 Å². The smallest absolute Gasteiger partial charge is 0.273 e. The van der Waals surface area contributed by atoms with Crippen molar-refractivity contribution in [2.45, 2.75) is 0 Å². The number of aromatic nitrogens is 2. The fourth-order valence-corrected chi connectivity index (χ4v) is 4.10. The van der Waals surface area contributed by atoms with Gasteiger partial charge < -0.3 is 5.32 Å². The van der Waals surface area contributed by atoms with Crippen molar-refractivity contribution in [3.63, 3.8) is 0 Å². The Labute approximate surface area is 179 Å². The van der Waals surface area contributed by atoms with Crippen LogP contribution in [0.1, 0.15) is 10.5 Å². The molecule has 7 nitrogen and oxygen atoms in total. The van der Waals surface area contributed by atoms with Crippen LogP contribution in [0.4, 0.5) is 11.4 Å². The highest BCUT2D eigenvalue weighted by atomic mass is 79.9. The number of benzene rings is 2. The van der Waals surface area contributed by atoms with Gasteiger partial charge in [-0.3, -0.25) is 20.0 Å². The van der Waals surface area contributed by atoms with Gasteiger partial charge in [-0.15, -0.1) is 0 Å². The van der Waals surface area contributed by atoms with E-state index in [2.05, 4.69) is 47.4 Å². The summed E-state index contributed by atoms with van der Waals surface area (Å²) in [6.07, 6.45) is 0. The van der Waals surface area contributed by atoms with Gasteiger partial charge in [0.1, 0.15) is 5.69 Å². The average Bonchev–Trinajstić information content (AvgIpc) is 3.07. The highest BCUT2D eigenvalue weighted by Gasteiger charge is 2.18. The van der Waals surface area contributed by atoms with Gasteiger partial charge in [0.25, 0.3) is 11.6 Å². The summed E-state index contributed by atoms with van der Waals surface area (Å²) in [4.78, 5) is 22.9. The van der Waals surface area contributed by atoms with Crippen LogP contribution in [0, 0.1) is 10.1 Å². The Hall–Kier alpha value is -1.94. The van der Waals surface area contributed by atoms with Gasteiger partial charge in [0.15, 0.2) is 0 Å². The molecule has 2 aromatic carbocycles. The molecule has 0 spiro atoms. The molecule has 138 valence electrons. The van der Waals surface area contributed by atoms with Gasteiger partial charge in [-0.1, -0.05) is 23.2 Å². The average molecular weight is 535 g/mol. The molecular weight excluding hydrogens is 527 g/mol. The molecule has 0 fully saturated rings. The number of carbonyl (C=O) groups excluding carboxylic acids is 1. The van der Waals surface area contributed by atoms with E-state index in [4.69, 9.17) is 23.2 Å². The molecule has 3 rings (SSSR count). The van der Waals surface area contributed by atoms with Gasteiger partial charge in [0, 0.05) is 31.7 Å². The molecule has 1 heterocycles. The minimum atomic E-state index is -0.530. The second-order valence-electron chi connectivity index (χ2n) is 5.29. The molecule has 1 aromatic heterocycles. The summed E-state index contributed by atoms with van der Waals surface area (Å²) in [6.45, 7) is 0. The van der Waals surface area contributed by atoms with E-state index in [1.165, 1.54) is 18.2 Å². The summed E-state index contributed by atoms with van der Waals surface area (Å²) < 4.78 is 0.717. The molecule has 3 aromatic rings. The number of nitro groups is 1. The maximum absolute atomic E-state index is 12.5. The monoisotopic (exact) mass is 532 g/mol. The number of carbonyl (C=O) groups is 1. The van der Waals surface area contributed by atoms with Crippen molar-refractivity contribution >= 4 is 72.3 Å².